The summed E-state index contributed by atoms with van der Waals surface area (Å²) in [6, 6.07) is 0. The summed E-state index contributed by atoms with van der Waals surface area (Å²) < 4.78 is 0. The Balaban J connectivity index is -0.0000000625. The molecule has 0 amide bonds. The fourth-order valence-corrected chi connectivity index (χ4v) is 0. The van der Waals surface area contributed by atoms with Gasteiger partial charge in [-0.1, -0.05) is 7.43 Å². The first-order valence-corrected chi connectivity index (χ1v) is 3.06. The SMILES string of the molecule is C.CC(O)C(=O)[O-].CC(O)C(=O)[O-].[Fe+2]. The molecule has 2 N–H and O–H groups in total. The van der Waals surface area contributed by atoms with Gasteiger partial charge in [-0.05, 0) is 13.8 Å². The third kappa shape index (κ3) is 22.5. The molecular weight excluding hydrogens is 236 g/mol. The first-order chi connectivity index (χ1) is 5.29. The van der Waals surface area contributed by atoms with Crippen LogP contribution in [0.25, 0.3) is 0 Å². The van der Waals surface area contributed by atoms with Crippen molar-refractivity contribution in [1.29, 1.82) is 0 Å². The summed E-state index contributed by atoms with van der Waals surface area (Å²) in [7, 11) is 0. The third-order valence-corrected chi connectivity index (χ3v) is 0.682. The number of aliphatic carboxylic acids is 2. The zero-order chi connectivity index (χ0) is 10.3. The van der Waals surface area contributed by atoms with Crippen LogP contribution in [0.15, 0.2) is 0 Å². The van der Waals surface area contributed by atoms with E-state index in [9.17, 15) is 19.8 Å². The molecule has 14 heavy (non-hydrogen) atoms. The van der Waals surface area contributed by atoms with Gasteiger partial charge in [0, 0.05) is 0 Å². The predicted octanol–water partition coefficient (Wildman–Crippen LogP) is -3.13. The van der Waals surface area contributed by atoms with Crippen molar-refractivity contribution < 1.29 is 47.1 Å². The van der Waals surface area contributed by atoms with Gasteiger partial charge in [-0.3, -0.25) is 0 Å². The molecular formula is C7H14FeO6. The van der Waals surface area contributed by atoms with Crippen molar-refractivity contribution in [1.82, 2.24) is 0 Å². The zero-order valence-electron chi connectivity index (χ0n) is 7.04. The summed E-state index contributed by atoms with van der Waals surface area (Å²) in [6.07, 6.45) is -2.69. The smallest absolute Gasteiger partial charge is 0.547 e. The van der Waals surface area contributed by atoms with Crippen LogP contribution in [0.5, 0.6) is 0 Å². The molecule has 0 spiro atoms. The van der Waals surface area contributed by atoms with E-state index in [-0.39, 0.29) is 24.5 Å². The van der Waals surface area contributed by atoms with Gasteiger partial charge >= 0.3 is 17.1 Å². The standard InChI is InChI=1S/2C3H6O3.CH4.Fe/c2*1-2(4)3(5)6;;/h2*2,4H,1H3,(H,5,6);1H4;/q;;;+2/p-2. The number of hydrogen-bond acceptors (Lipinski definition) is 6. The minimum absolute atomic E-state index is 0. The van der Waals surface area contributed by atoms with E-state index in [2.05, 4.69) is 0 Å². The fraction of sp³-hybridized carbons (Fsp3) is 0.714. The fourth-order valence-electron chi connectivity index (χ4n) is 0. The number of aliphatic hydroxyl groups excluding tert-OH is 2. The van der Waals surface area contributed by atoms with Crippen LogP contribution >= 0.6 is 0 Å². The van der Waals surface area contributed by atoms with Gasteiger partial charge in [-0.25, -0.2) is 0 Å². The van der Waals surface area contributed by atoms with Crippen molar-refractivity contribution in [2.75, 3.05) is 0 Å². The van der Waals surface area contributed by atoms with Crippen LogP contribution in [0, 0.1) is 0 Å². The minimum atomic E-state index is -1.44. The van der Waals surface area contributed by atoms with Gasteiger partial charge in [0.05, 0.1) is 24.1 Å². The van der Waals surface area contributed by atoms with Crippen LogP contribution in [-0.2, 0) is 26.7 Å². The second-order valence-corrected chi connectivity index (χ2v) is 1.99. The van der Waals surface area contributed by atoms with E-state index in [1.54, 1.807) is 0 Å². The second-order valence-electron chi connectivity index (χ2n) is 1.99. The molecule has 0 heterocycles. The van der Waals surface area contributed by atoms with E-state index in [0.29, 0.717) is 0 Å². The molecule has 0 aliphatic rings. The molecule has 0 saturated heterocycles. The number of rotatable bonds is 2. The van der Waals surface area contributed by atoms with Gasteiger partial charge in [-0.2, -0.15) is 0 Å². The molecule has 0 fully saturated rings. The summed E-state index contributed by atoms with van der Waals surface area (Å²) in [5, 5.41) is 34.6. The Hall–Kier alpha value is -0.621. The number of carboxylic acids is 2. The Bertz CT molecular complexity index is 138. The number of carbonyl (C=O) groups is 2. The van der Waals surface area contributed by atoms with Crippen LogP contribution in [0.2, 0.25) is 0 Å². The van der Waals surface area contributed by atoms with Crippen molar-refractivity contribution in [3.63, 3.8) is 0 Å². The molecule has 0 saturated carbocycles. The molecule has 0 aromatic rings. The second kappa shape index (κ2) is 12.4. The van der Waals surface area contributed by atoms with E-state index in [1.807, 2.05) is 0 Å². The van der Waals surface area contributed by atoms with Gasteiger partial charge in [0.15, 0.2) is 0 Å². The van der Waals surface area contributed by atoms with E-state index in [1.165, 1.54) is 0 Å². The summed E-state index contributed by atoms with van der Waals surface area (Å²) >= 11 is 0. The number of carbonyl (C=O) groups excluding carboxylic acids is 2. The van der Waals surface area contributed by atoms with Crippen molar-refractivity contribution >= 4 is 11.9 Å². The molecule has 6 nitrogen and oxygen atoms in total. The van der Waals surface area contributed by atoms with Crippen molar-refractivity contribution in [2.24, 2.45) is 0 Å². The average molecular weight is 250 g/mol. The molecule has 86 valence electrons. The first-order valence-electron chi connectivity index (χ1n) is 3.06. The molecule has 0 aliphatic heterocycles. The predicted molar refractivity (Wildman–Crippen MR) is 40.1 cm³/mol. The van der Waals surface area contributed by atoms with Crippen molar-refractivity contribution in [3.8, 4) is 0 Å². The summed E-state index contributed by atoms with van der Waals surface area (Å²) in [5.74, 6) is -2.87. The topological polar surface area (TPSA) is 121 Å². The maximum atomic E-state index is 9.34. The molecule has 0 aliphatic carbocycles. The number of hydrogen-bond donors (Lipinski definition) is 2. The molecule has 0 bridgehead atoms. The minimum Gasteiger partial charge on any atom is -0.547 e. The summed E-state index contributed by atoms with van der Waals surface area (Å²) in [4.78, 5) is 18.7. The molecule has 0 rings (SSSR count). The maximum Gasteiger partial charge on any atom is 2.00 e. The van der Waals surface area contributed by atoms with Gasteiger partial charge < -0.3 is 30.0 Å². The average Bonchev–Trinajstić information content (AvgIpc) is 1.88. The number of carboxylic acid groups (broad SMARTS) is 2. The number of aliphatic hydroxyl groups is 2. The van der Waals surface area contributed by atoms with Crippen molar-refractivity contribution in [2.45, 2.75) is 33.5 Å². The van der Waals surface area contributed by atoms with Crippen LogP contribution in [0.3, 0.4) is 0 Å². The largest absolute Gasteiger partial charge is 2.00 e. The van der Waals surface area contributed by atoms with Gasteiger partial charge in [-0.15, -0.1) is 0 Å². The molecule has 0 aromatic heterocycles. The Kier molecular flexibility index (Phi) is 20.6. The molecule has 2 atom stereocenters. The Morgan fingerprint density at radius 2 is 1.07 bits per heavy atom. The molecule has 0 radical (unpaired) electrons. The quantitative estimate of drug-likeness (QED) is 0.500. The summed E-state index contributed by atoms with van der Waals surface area (Å²) in [5.41, 5.74) is 0. The van der Waals surface area contributed by atoms with Gasteiger partial charge in [0.2, 0.25) is 0 Å². The Morgan fingerprint density at radius 1 is 1.00 bits per heavy atom. The van der Waals surface area contributed by atoms with E-state index in [4.69, 9.17) is 10.2 Å². The van der Waals surface area contributed by atoms with Crippen LogP contribution < -0.4 is 10.2 Å². The van der Waals surface area contributed by atoms with Gasteiger partial charge in [0.1, 0.15) is 0 Å². The zero-order valence-corrected chi connectivity index (χ0v) is 8.14. The third-order valence-electron chi connectivity index (χ3n) is 0.682. The van der Waals surface area contributed by atoms with Crippen molar-refractivity contribution in [3.05, 3.63) is 0 Å². The van der Waals surface area contributed by atoms with Crippen LogP contribution in [0.1, 0.15) is 21.3 Å². The monoisotopic (exact) mass is 250 g/mol. The van der Waals surface area contributed by atoms with Gasteiger partial charge in [0.25, 0.3) is 0 Å². The molecule has 0 aromatic carbocycles. The van der Waals surface area contributed by atoms with Crippen LogP contribution in [0.4, 0.5) is 0 Å². The summed E-state index contributed by atoms with van der Waals surface area (Å²) in [6.45, 7) is 2.27. The van der Waals surface area contributed by atoms with E-state index in [0.717, 1.165) is 13.8 Å². The Morgan fingerprint density at radius 3 is 1.07 bits per heavy atom. The van der Waals surface area contributed by atoms with Crippen LogP contribution in [-0.4, -0.2) is 34.4 Å². The molecule has 2 unspecified atom stereocenters. The van der Waals surface area contributed by atoms with E-state index >= 15 is 0 Å². The maximum absolute atomic E-state index is 9.34. The first kappa shape index (κ1) is 23.3. The molecule has 7 heteroatoms. The van der Waals surface area contributed by atoms with E-state index < -0.39 is 24.1 Å². The normalized spacial score (nSPS) is 11.7. The Labute approximate surface area is 93.0 Å².